The van der Waals surface area contributed by atoms with Crippen molar-refractivity contribution in [1.82, 2.24) is 10.1 Å². The number of rotatable bonds is 4. The minimum Gasteiger partial charge on any atom is -0.385 e. The van der Waals surface area contributed by atoms with E-state index >= 15 is 0 Å². The molecule has 100 valence electrons. The van der Waals surface area contributed by atoms with Gasteiger partial charge in [-0.05, 0) is 12.5 Å². The van der Waals surface area contributed by atoms with E-state index < -0.39 is 16.8 Å². The van der Waals surface area contributed by atoms with E-state index in [1.165, 1.54) is 6.07 Å². The van der Waals surface area contributed by atoms with Crippen molar-refractivity contribution in [1.29, 1.82) is 0 Å². The molecule has 0 aliphatic carbocycles. The quantitative estimate of drug-likeness (QED) is 0.673. The van der Waals surface area contributed by atoms with Crippen molar-refractivity contribution in [3.05, 3.63) is 40.0 Å². The molecule has 0 aliphatic heterocycles. The SMILES string of the molecule is CCC(O)c1noc(-c2ccc([N+](=O)[O-])cc2F)n1. The fourth-order valence-corrected chi connectivity index (χ4v) is 1.45. The van der Waals surface area contributed by atoms with Gasteiger partial charge in [-0.15, -0.1) is 0 Å². The summed E-state index contributed by atoms with van der Waals surface area (Å²) in [5, 5.41) is 23.5. The third kappa shape index (κ3) is 2.58. The maximum absolute atomic E-state index is 13.7. The van der Waals surface area contributed by atoms with Gasteiger partial charge in [0.25, 0.3) is 11.6 Å². The standard InChI is InChI=1S/C11H10FN3O4/c1-2-9(16)10-13-11(19-14-10)7-4-3-6(15(17)18)5-8(7)12/h3-5,9,16H,2H2,1H3. The predicted molar refractivity (Wildman–Crippen MR) is 61.6 cm³/mol. The highest BCUT2D eigenvalue weighted by Gasteiger charge is 2.19. The van der Waals surface area contributed by atoms with Crippen LogP contribution in [0.5, 0.6) is 0 Å². The molecule has 1 atom stereocenters. The highest BCUT2D eigenvalue weighted by Crippen LogP contribution is 2.26. The lowest BCUT2D eigenvalue weighted by atomic mass is 10.2. The normalized spacial score (nSPS) is 12.4. The fraction of sp³-hybridized carbons (Fsp3) is 0.273. The van der Waals surface area contributed by atoms with Crippen LogP contribution in [0, 0.1) is 15.9 Å². The summed E-state index contributed by atoms with van der Waals surface area (Å²) in [6.45, 7) is 1.73. The first-order chi connectivity index (χ1) is 9.02. The third-order valence-corrected chi connectivity index (χ3v) is 2.52. The number of nitro groups is 1. The van der Waals surface area contributed by atoms with Crippen LogP contribution in [0.2, 0.25) is 0 Å². The zero-order chi connectivity index (χ0) is 14.0. The van der Waals surface area contributed by atoms with Gasteiger partial charge >= 0.3 is 0 Å². The maximum Gasteiger partial charge on any atom is 0.272 e. The van der Waals surface area contributed by atoms with Crippen molar-refractivity contribution in [2.45, 2.75) is 19.4 Å². The van der Waals surface area contributed by atoms with Crippen LogP contribution in [0.15, 0.2) is 22.7 Å². The fourth-order valence-electron chi connectivity index (χ4n) is 1.45. The molecular formula is C11H10FN3O4. The zero-order valence-electron chi connectivity index (χ0n) is 9.91. The molecule has 8 heteroatoms. The zero-order valence-corrected chi connectivity index (χ0v) is 9.91. The molecule has 1 unspecified atom stereocenters. The van der Waals surface area contributed by atoms with Gasteiger partial charge in [-0.3, -0.25) is 10.1 Å². The minimum absolute atomic E-state index is 0.0485. The predicted octanol–water partition coefficient (Wildman–Crippen LogP) is 2.23. The maximum atomic E-state index is 13.7. The second kappa shape index (κ2) is 5.11. The molecule has 2 rings (SSSR count). The number of nitro benzene ring substituents is 1. The molecule has 0 amide bonds. The number of hydrogen-bond donors (Lipinski definition) is 1. The topological polar surface area (TPSA) is 102 Å². The highest BCUT2D eigenvalue weighted by atomic mass is 19.1. The van der Waals surface area contributed by atoms with Gasteiger partial charge in [0.15, 0.2) is 0 Å². The molecule has 19 heavy (non-hydrogen) atoms. The average Bonchev–Trinajstić information content (AvgIpc) is 2.87. The van der Waals surface area contributed by atoms with Crippen molar-refractivity contribution in [2.24, 2.45) is 0 Å². The lowest BCUT2D eigenvalue weighted by Crippen LogP contribution is -1.97. The summed E-state index contributed by atoms with van der Waals surface area (Å²) in [6, 6.07) is 3.09. The van der Waals surface area contributed by atoms with Crippen LogP contribution < -0.4 is 0 Å². The van der Waals surface area contributed by atoms with E-state index in [-0.39, 0.29) is 23.0 Å². The second-order valence-corrected chi connectivity index (χ2v) is 3.80. The van der Waals surface area contributed by atoms with Crippen LogP contribution in [0.25, 0.3) is 11.5 Å². The average molecular weight is 267 g/mol. The molecule has 1 aromatic heterocycles. The summed E-state index contributed by atoms with van der Waals surface area (Å²) in [5.74, 6) is -0.916. The van der Waals surface area contributed by atoms with Gasteiger partial charge in [0.2, 0.25) is 5.82 Å². The number of halogens is 1. The molecule has 0 radical (unpaired) electrons. The Morgan fingerprint density at radius 1 is 1.58 bits per heavy atom. The van der Waals surface area contributed by atoms with Gasteiger partial charge in [-0.2, -0.15) is 4.98 Å². The van der Waals surface area contributed by atoms with Crippen LogP contribution in [-0.4, -0.2) is 20.2 Å². The van der Waals surface area contributed by atoms with E-state index in [0.29, 0.717) is 6.42 Å². The largest absolute Gasteiger partial charge is 0.385 e. The Morgan fingerprint density at radius 2 is 2.32 bits per heavy atom. The molecular weight excluding hydrogens is 257 g/mol. The van der Waals surface area contributed by atoms with Gasteiger partial charge in [0.1, 0.15) is 11.9 Å². The first-order valence-corrected chi connectivity index (χ1v) is 5.49. The molecule has 0 aliphatic rings. The van der Waals surface area contributed by atoms with Crippen LogP contribution in [0.3, 0.4) is 0 Å². The summed E-state index contributed by atoms with van der Waals surface area (Å²) >= 11 is 0. The molecule has 1 heterocycles. The van der Waals surface area contributed by atoms with Gasteiger partial charge in [0, 0.05) is 6.07 Å². The Labute approximate surface area is 106 Å². The van der Waals surface area contributed by atoms with Gasteiger partial charge in [0.05, 0.1) is 16.6 Å². The van der Waals surface area contributed by atoms with E-state index in [2.05, 4.69) is 10.1 Å². The molecule has 0 saturated heterocycles. The number of aliphatic hydroxyl groups excluding tert-OH is 1. The number of hydrogen-bond acceptors (Lipinski definition) is 6. The number of benzene rings is 1. The Bertz CT molecular complexity index is 614. The van der Waals surface area contributed by atoms with E-state index in [4.69, 9.17) is 4.52 Å². The van der Waals surface area contributed by atoms with E-state index in [9.17, 15) is 19.6 Å². The Kier molecular flexibility index (Phi) is 3.52. The van der Waals surface area contributed by atoms with E-state index in [0.717, 1.165) is 12.1 Å². The Morgan fingerprint density at radius 3 is 2.89 bits per heavy atom. The molecule has 0 fully saturated rings. The number of aromatic nitrogens is 2. The Hall–Kier alpha value is -2.35. The second-order valence-electron chi connectivity index (χ2n) is 3.80. The first kappa shape index (κ1) is 13.1. The molecule has 0 saturated carbocycles. The van der Waals surface area contributed by atoms with Crippen molar-refractivity contribution >= 4 is 5.69 Å². The van der Waals surface area contributed by atoms with Crippen LogP contribution in [0.1, 0.15) is 25.3 Å². The van der Waals surface area contributed by atoms with Gasteiger partial charge in [-0.1, -0.05) is 12.1 Å². The van der Waals surface area contributed by atoms with Crippen molar-refractivity contribution < 1.29 is 18.9 Å². The van der Waals surface area contributed by atoms with E-state index in [1.807, 2.05) is 0 Å². The van der Waals surface area contributed by atoms with Crippen LogP contribution in [-0.2, 0) is 0 Å². The minimum atomic E-state index is -0.890. The van der Waals surface area contributed by atoms with Gasteiger partial charge in [-0.25, -0.2) is 4.39 Å². The van der Waals surface area contributed by atoms with E-state index in [1.54, 1.807) is 6.92 Å². The summed E-state index contributed by atoms with van der Waals surface area (Å²) in [5.41, 5.74) is -0.415. The number of aliphatic hydroxyl groups is 1. The number of non-ortho nitro benzene ring substituents is 1. The molecule has 0 spiro atoms. The molecule has 2 aromatic rings. The lowest BCUT2D eigenvalue weighted by Gasteiger charge is -1.99. The van der Waals surface area contributed by atoms with Crippen molar-refractivity contribution in [3.8, 4) is 11.5 Å². The van der Waals surface area contributed by atoms with Gasteiger partial charge < -0.3 is 9.63 Å². The smallest absolute Gasteiger partial charge is 0.272 e. The highest BCUT2D eigenvalue weighted by molar-refractivity contribution is 5.56. The van der Waals surface area contributed by atoms with Crippen molar-refractivity contribution in [2.75, 3.05) is 0 Å². The summed E-state index contributed by atoms with van der Waals surface area (Å²) in [7, 11) is 0. The third-order valence-electron chi connectivity index (χ3n) is 2.52. The monoisotopic (exact) mass is 267 g/mol. The first-order valence-electron chi connectivity index (χ1n) is 5.49. The summed E-state index contributed by atoms with van der Waals surface area (Å²) in [4.78, 5) is 13.6. The molecule has 1 aromatic carbocycles. The van der Waals surface area contributed by atoms with Crippen LogP contribution >= 0.6 is 0 Å². The molecule has 1 N–H and O–H groups in total. The Balaban J connectivity index is 2.37. The van der Waals surface area contributed by atoms with Crippen molar-refractivity contribution in [3.63, 3.8) is 0 Å². The lowest BCUT2D eigenvalue weighted by molar-refractivity contribution is -0.385. The summed E-state index contributed by atoms with van der Waals surface area (Å²) in [6.07, 6.45) is -0.500. The molecule has 0 bridgehead atoms. The summed E-state index contributed by atoms with van der Waals surface area (Å²) < 4.78 is 18.5. The number of nitrogens with zero attached hydrogens (tertiary/aromatic N) is 3. The molecule has 7 nitrogen and oxygen atoms in total. The van der Waals surface area contributed by atoms with Crippen LogP contribution in [0.4, 0.5) is 10.1 Å².